The summed E-state index contributed by atoms with van der Waals surface area (Å²) in [5.41, 5.74) is 17.4. The normalized spacial score (nSPS) is 19.3. The third-order valence-corrected chi connectivity index (χ3v) is 7.98. The number of oxime groups is 1. The van der Waals surface area contributed by atoms with Crippen molar-refractivity contribution in [3.63, 3.8) is 0 Å². The van der Waals surface area contributed by atoms with Gasteiger partial charge in [-0.05, 0) is 12.5 Å². The number of nitrogens with one attached hydrogen (secondary N) is 1. The molecule has 2 aliphatic heterocycles. The predicted octanol–water partition coefficient (Wildman–Crippen LogP) is 0.507. The molecule has 4 heterocycles. The van der Waals surface area contributed by atoms with E-state index in [1.807, 2.05) is 0 Å². The Labute approximate surface area is 228 Å². The number of allylic oxidation sites excluding steroid dienone is 1. The van der Waals surface area contributed by atoms with Crippen LogP contribution in [0.1, 0.15) is 12.6 Å². The van der Waals surface area contributed by atoms with E-state index in [2.05, 4.69) is 25.4 Å². The third kappa shape index (κ3) is 5.84. The number of carbonyl (C=O) groups excluding carboxylic acids is 2. The van der Waals surface area contributed by atoms with Crippen LogP contribution in [0.3, 0.4) is 0 Å². The van der Waals surface area contributed by atoms with E-state index in [4.69, 9.17) is 22.0 Å². The first-order chi connectivity index (χ1) is 18.2. The summed E-state index contributed by atoms with van der Waals surface area (Å²) in [7, 11) is 0. The zero-order valence-electron chi connectivity index (χ0n) is 19.9. The number of amides is 2. The highest BCUT2D eigenvalue weighted by Gasteiger charge is 2.54. The molecule has 17 heteroatoms. The van der Waals surface area contributed by atoms with Crippen LogP contribution in [-0.2, 0) is 19.2 Å². The number of nitrogens with zero attached hydrogens (tertiary/aromatic N) is 5. The summed E-state index contributed by atoms with van der Waals surface area (Å²) >= 11 is 3.81. The molecule has 2 aromatic rings. The van der Waals surface area contributed by atoms with Gasteiger partial charge in [0.25, 0.3) is 11.8 Å². The topological polar surface area (TPSA) is 225 Å². The number of β-lactam (4-membered cyclic amide) rings is 1. The lowest BCUT2D eigenvalue weighted by atomic mass is 10.0. The van der Waals surface area contributed by atoms with Crippen LogP contribution in [0.5, 0.6) is 0 Å². The van der Waals surface area contributed by atoms with Crippen molar-refractivity contribution in [2.75, 3.05) is 35.3 Å². The van der Waals surface area contributed by atoms with E-state index in [1.54, 1.807) is 30.5 Å². The number of carbonyl (C=O) groups is 3. The van der Waals surface area contributed by atoms with Gasteiger partial charge in [-0.3, -0.25) is 14.5 Å². The monoisotopic (exact) mass is 577 g/mol. The SMILES string of the molecule is CCO/N=C(/C(=O)NC1C(=O)N2C(C(=O)O)=C(/C=C/CSc3cc(N)nc(N)n3)CS[C@H]12)c1csc(N)n1. The Morgan fingerprint density at radius 2 is 2.13 bits per heavy atom. The summed E-state index contributed by atoms with van der Waals surface area (Å²) in [4.78, 5) is 56.2. The Kier molecular flexibility index (Phi) is 8.38. The zero-order valence-corrected chi connectivity index (χ0v) is 22.3. The summed E-state index contributed by atoms with van der Waals surface area (Å²) in [5.74, 6) is -1.39. The molecule has 38 heavy (non-hydrogen) atoms. The molecule has 0 bridgehead atoms. The maximum Gasteiger partial charge on any atom is 0.352 e. The first-order valence-electron chi connectivity index (χ1n) is 11.0. The van der Waals surface area contributed by atoms with Gasteiger partial charge in [0.15, 0.2) is 10.8 Å². The molecule has 0 saturated carbocycles. The number of carboxylic acids is 1. The average molecular weight is 578 g/mol. The van der Waals surface area contributed by atoms with Gasteiger partial charge in [0, 0.05) is 23.0 Å². The van der Waals surface area contributed by atoms with Gasteiger partial charge >= 0.3 is 5.97 Å². The molecule has 4 rings (SSSR count). The smallest absolute Gasteiger partial charge is 0.352 e. The van der Waals surface area contributed by atoms with Crippen molar-refractivity contribution in [2.45, 2.75) is 23.4 Å². The van der Waals surface area contributed by atoms with Gasteiger partial charge < -0.3 is 32.5 Å². The molecule has 0 radical (unpaired) electrons. The van der Waals surface area contributed by atoms with Crippen LogP contribution in [0.15, 0.2) is 45.1 Å². The number of aliphatic carboxylic acids is 1. The van der Waals surface area contributed by atoms with Gasteiger partial charge in [0.05, 0.1) is 0 Å². The van der Waals surface area contributed by atoms with E-state index < -0.39 is 29.2 Å². The van der Waals surface area contributed by atoms with E-state index in [0.29, 0.717) is 22.1 Å². The molecule has 14 nitrogen and oxygen atoms in total. The predicted molar refractivity (Wildman–Crippen MR) is 145 cm³/mol. The standard InChI is InChI=1S/C21H23N9O5S3/c1-2-35-29-13(10-8-38-21(24)25-10)16(31)28-14-17(32)30-15(19(33)34)9(7-37-18(14)30)4-3-5-36-12-6-11(22)26-20(23)27-12/h3-4,6,8,14,18H,2,5,7H2,1H3,(H2,24,25)(H,28,31)(H,33,34)(H4,22,23,26,27)/b4-3+,29-13+/t14?,18-/m1/s1. The first-order valence-corrected chi connectivity index (χ1v) is 13.9. The largest absolute Gasteiger partial charge is 0.477 e. The number of thioether (sulfide) groups is 2. The molecule has 2 amide bonds. The number of nitrogens with two attached hydrogens (primary N) is 3. The highest BCUT2D eigenvalue weighted by molar-refractivity contribution is 8.00. The Hall–Kier alpha value is -3.83. The van der Waals surface area contributed by atoms with Crippen LogP contribution in [0.2, 0.25) is 0 Å². The Bertz CT molecular complexity index is 1340. The molecule has 0 spiro atoms. The molecule has 0 aromatic carbocycles. The molecule has 1 unspecified atom stereocenters. The second kappa shape index (κ2) is 11.7. The number of rotatable bonds is 10. The van der Waals surface area contributed by atoms with E-state index in [-0.39, 0.29) is 40.6 Å². The molecule has 2 aromatic heterocycles. The highest BCUT2D eigenvalue weighted by atomic mass is 32.2. The summed E-state index contributed by atoms with van der Waals surface area (Å²) in [5, 5.41) is 18.1. The van der Waals surface area contributed by atoms with E-state index in [1.165, 1.54) is 28.4 Å². The summed E-state index contributed by atoms with van der Waals surface area (Å²) in [6.45, 7) is 1.92. The van der Waals surface area contributed by atoms with Gasteiger partial charge in [-0.25, -0.2) is 14.8 Å². The van der Waals surface area contributed by atoms with Crippen molar-refractivity contribution in [2.24, 2.45) is 5.16 Å². The molecular formula is C21H23N9O5S3. The van der Waals surface area contributed by atoms with Gasteiger partial charge in [-0.1, -0.05) is 17.3 Å². The van der Waals surface area contributed by atoms with Crippen LogP contribution in [0.4, 0.5) is 16.9 Å². The second-order valence-electron chi connectivity index (χ2n) is 7.67. The lowest BCUT2D eigenvalue weighted by Gasteiger charge is -2.49. The van der Waals surface area contributed by atoms with Crippen molar-refractivity contribution in [3.8, 4) is 0 Å². The van der Waals surface area contributed by atoms with Crippen LogP contribution in [-0.4, -0.2) is 78.0 Å². The Morgan fingerprint density at radius 1 is 1.34 bits per heavy atom. The van der Waals surface area contributed by atoms with Crippen molar-refractivity contribution >= 4 is 75.3 Å². The minimum Gasteiger partial charge on any atom is -0.477 e. The van der Waals surface area contributed by atoms with Crippen LogP contribution < -0.4 is 22.5 Å². The second-order valence-corrected chi connectivity index (χ2v) is 10.7. The maximum absolute atomic E-state index is 13.0. The number of aromatic nitrogens is 3. The minimum atomic E-state index is -1.24. The fraction of sp³-hybridized carbons (Fsp3) is 0.286. The number of fused-ring (bicyclic) bond motifs is 1. The van der Waals surface area contributed by atoms with Crippen LogP contribution in [0.25, 0.3) is 0 Å². The summed E-state index contributed by atoms with van der Waals surface area (Å²) in [6, 6.07) is 0.637. The van der Waals surface area contributed by atoms with E-state index >= 15 is 0 Å². The van der Waals surface area contributed by atoms with E-state index in [0.717, 1.165) is 11.3 Å². The number of hydrogen-bond donors (Lipinski definition) is 5. The summed E-state index contributed by atoms with van der Waals surface area (Å²) < 4.78 is 0. The van der Waals surface area contributed by atoms with Gasteiger partial charge in [0.2, 0.25) is 5.95 Å². The number of carboxylic acid groups (broad SMARTS) is 1. The molecule has 1 fully saturated rings. The maximum atomic E-state index is 13.0. The molecule has 2 aliphatic rings. The number of thiazole rings is 1. The van der Waals surface area contributed by atoms with Crippen LogP contribution >= 0.6 is 34.9 Å². The highest BCUT2D eigenvalue weighted by Crippen LogP contribution is 2.40. The fourth-order valence-electron chi connectivity index (χ4n) is 3.57. The number of nitrogen functional groups attached to an aromatic ring is 3. The molecule has 8 N–H and O–H groups in total. The molecule has 200 valence electrons. The molecule has 1 saturated heterocycles. The average Bonchev–Trinajstić information content (AvgIpc) is 3.29. The molecular weight excluding hydrogens is 554 g/mol. The van der Waals surface area contributed by atoms with Crippen LogP contribution in [0, 0.1) is 0 Å². The van der Waals surface area contributed by atoms with Crippen molar-refractivity contribution in [3.05, 3.63) is 40.6 Å². The van der Waals surface area contributed by atoms with Gasteiger partial charge in [0.1, 0.15) is 40.3 Å². The van der Waals surface area contributed by atoms with Crippen molar-refractivity contribution in [1.29, 1.82) is 0 Å². The zero-order chi connectivity index (χ0) is 27.4. The van der Waals surface area contributed by atoms with Gasteiger partial charge in [-0.2, -0.15) is 4.98 Å². The van der Waals surface area contributed by atoms with Crippen molar-refractivity contribution < 1.29 is 24.3 Å². The fourth-order valence-corrected chi connectivity index (χ4v) is 6.16. The quantitative estimate of drug-likeness (QED) is 0.0854. The Morgan fingerprint density at radius 3 is 2.79 bits per heavy atom. The molecule has 2 atom stereocenters. The van der Waals surface area contributed by atoms with E-state index in [9.17, 15) is 19.5 Å². The Balaban J connectivity index is 1.45. The molecule has 0 aliphatic carbocycles. The first kappa shape index (κ1) is 27.2. The minimum absolute atomic E-state index is 0.0620. The number of anilines is 3. The van der Waals surface area contributed by atoms with Gasteiger partial charge in [-0.15, -0.1) is 34.9 Å². The lowest BCUT2D eigenvalue weighted by molar-refractivity contribution is -0.150. The third-order valence-electron chi connectivity index (χ3n) is 5.14. The van der Waals surface area contributed by atoms with Crippen molar-refractivity contribution in [1.82, 2.24) is 25.2 Å². The lowest BCUT2D eigenvalue weighted by Crippen LogP contribution is -2.71. The summed E-state index contributed by atoms with van der Waals surface area (Å²) in [6.07, 6.45) is 3.42. The number of hydrogen-bond acceptors (Lipinski definition) is 14.